The number of ketones is 1. The number of hydrogen-bond acceptors (Lipinski definition) is 4. The zero-order valence-electron chi connectivity index (χ0n) is 15.0. The Bertz CT molecular complexity index is 1050. The molecule has 0 heterocycles. The molecule has 4 nitrogen and oxygen atoms in total. The van der Waals surface area contributed by atoms with Crippen LogP contribution in [0.2, 0.25) is 15.1 Å². The molecule has 3 aromatic rings. The number of hydrogen-bond donors (Lipinski definition) is 0. The van der Waals surface area contributed by atoms with Gasteiger partial charge in [-0.25, -0.2) is 4.79 Å². The van der Waals surface area contributed by atoms with E-state index in [2.05, 4.69) is 0 Å². The van der Waals surface area contributed by atoms with E-state index in [0.717, 1.165) is 5.56 Å². The van der Waals surface area contributed by atoms with Crippen LogP contribution in [0, 0.1) is 0 Å². The van der Waals surface area contributed by atoms with E-state index >= 15 is 0 Å². The molecule has 148 valence electrons. The summed E-state index contributed by atoms with van der Waals surface area (Å²) >= 11 is 18.0. The summed E-state index contributed by atoms with van der Waals surface area (Å²) in [6.07, 6.45) is 0. The van der Waals surface area contributed by atoms with E-state index in [-0.39, 0.29) is 22.8 Å². The Hall–Kier alpha value is -2.53. The zero-order chi connectivity index (χ0) is 20.8. The van der Waals surface area contributed by atoms with Gasteiger partial charge >= 0.3 is 5.97 Å². The van der Waals surface area contributed by atoms with Crippen molar-refractivity contribution in [2.24, 2.45) is 0 Å². The van der Waals surface area contributed by atoms with Crippen molar-refractivity contribution < 1.29 is 19.1 Å². The van der Waals surface area contributed by atoms with Crippen molar-refractivity contribution in [3.05, 3.63) is 98.5 Å². The van der Waals surface area contributed by atoms with Gasteiger partial charge < -0.3 is 9.47 Å². The van der Waals surface area contributed by atoms with Crippen molar-refractivity contribution in [3.8, 4) is 5.75 Å². The molecule has 3 aromatic carbocycles. The predicted octanol–water partition coefficient (Wildman–Crippen LogP) is 6.27. The number of carbonyl (C=O) groups excluding carboxylic acids is 2. The molecular formula is C22H15Cl3O4. The van der Waals surface area contributed by atoms with E-state index in [9.17, 15) is 9.59 Å². The van der Waals surface area contributed by atoms with Crippen molar-refractivity contribution in [3.63, 3.8) is 0 Å². The van der Waals surface area contributed by atoms with Gasteiger partial charge in [-0.3, -0.25) is 4.79 Å². The van der Waals surface area contributed by atoms with Gasteiger partial charge in [0, 0.05) is 21.2 Å². The Morgan fingerprint density at radius 2 is 1.52 bits per heavy atom. The minimum atomic E-state index is -0.689. The van der Waals surface area contributed by atoms with Crippen LogP contribution in [-0.4, -0.2) is 18.4 Å². The summed E-state index contributed by atoms with van der Waals surface area (Å²) in [6, 6.07) is 18.4. The fraction of sp³-hybridized carbons (Fsp3) is 0.0909. The molecule has 0 N–H and O–H groups in total. The van der Waals surface area contributed by atoms with E-state index in [1.54, 1.807) is 36.4 Å². The first-order chi connectivity index (χ1) is 14.0. The van der Waals surface area contributed by atoms with Gasteiger partial charge in [0.2, 0.25) is 5.78 Å². The fourth-order valence-corrected chi connectivity index (χ4v) is 3.12. The summed E-state index contributed by atoms with van der Waals surface area (Å²) in [7, 11) is 0. The van der Waals surface area contributed by atoms with Crippen LogP contribution in [0.5, 0.6) is 5.75 Å². The molecule has 0 unspecified atom stereocenters. The van der Waals surface area contributed by atoms with Crippen molar-refractivity contribution in [1.82, 2.24) is 0 Å². The van der Waals surface area contributed by atoms with Crippen LogP contribution in [0.1, 0.15) is 26.3 Å². The standard InChI is InChI=1S/C22H15Cl3O4/c23-15-9-10-19(25)17(11-15)20(26)13-29-22(27)16-6-2-4-8-21(16)28-12-14-5-1-3-7-18(14)24/h1-11H,12-13H2. The predicted molar refractivity (Wildman–Crippen MR) is 113 cm³/mol. The molecule has 0 saturated carbocycles. The minimum Gasteiger partial charge on any atom is -0.488 e. The molecule has 0 aromatic heterocycles. The molecule has 0 fully saturated rings. The zero-order valence-corrected chi connectivity index (χ0v) is 17.3. The first-order valence-corrected chi connectivity index (χ1v) is 9.69. The van der Waals surface area contributed by atoms with Crippen LogP contribution in [0.3, 0.4) is 0 Å². The molecule has 29 heavy (non-hydrogen) atoms. The second kappa shape index (κ2) is 9.79. The van der Waals surface area contributed by atoms with E-state index < -0.39 is 18.4 Å². The lowest BCUT2D eigenvalue weighted by molar-refractivity contribution is 0.0470. The Labute approximate surface area is 182 Å². The smallest absolute Gasteiger partial charge is 0.342 e. The third-order valence-electron chi connectivity index (χ3n) is 4.01. The fourth-order valence-electron chi connectivity index (χ4n) is 2.53. The molecule has 0 aliphatic carbocycles. The normalized spacial score (nSPS) is 10.4. The molecular weight excluding hydrogens is 435 g/mol. The number of halogens is 3. The first kappa shape index (κ1) is 21.2. The maximum absolute atomic E-state index is 12.5. The van der Waals surface area contributed by atoms with Gasteiger partial charge in [0.25, 0.3) is 0 Å². The number of rotatable bonds is 7. The second-order valence-corrected chi connectivity index (χ2v) is 7.25. The van der Waals surface area contributed by atoms with E-state index in [1.165, 1.54) is 12.1 Å². The lowest BCUT2D eigenvalue weighted by Crippen LogP contribution is -2.15. The van der Waals surface area contributed by atoms with Gasteiger partial charge in [-0.2, -0.15) is 0 Å². The second-order valence-electron chi connectivity index (χ2n) is 6.00. The number of carbonyl (C=O) groups is 2. The summed E-state index contributed by atoms with van der Waals surface area (Å²) in [6.45, 7) is -0.293. The van der Waals surface area contributed by atoms with Crippen LogP contribution < -0.4 is 4.74 Å². The van der Waals surface area contributed by atoms with Crippen LogP contribution >= 0.6 is 34.8 Å². The van der Waals surface area contributed by atoms with Gasteiger partial charge in [0.1, 0.15) is 17.9 Å². The summed E-state index contributed by atoms with van der Waals surface area (Å²) in [5, 5.41) is 1.16. The lowest BCUT2D eigenvalue weighted by atomic mass is 10.1. The molecule has 0 bridgehead atoms. The van der Waals surface area contributed by atoms with Crippen molar-refractivity contribution in [1.29, 1.82) is 0 Å². The summed E-state index contributed by atoms with van der Waals surface area (Å²) in [5.74, 6) is -0.822. The van der Waals surface area contributed by atoms with Crippen molar-refractivity contribution in [2.45, 2.75) is 6.61 Å². The van der Waals surface area contributed by atoms with Crippen LogP contribution in [0.25, 0.3) is 0 Å². The maximum Gasteiger partial charge on any atom is 0.342 e. The van der Waals surface area contributed by atoms with Gasteiger partial charge in [-0.05, 0) is 36.4 Å². The largest absolute Gasteiger partial charge is 0.488 e. The van der Waals surface area contributed by atoms with Crippen LogP contribution in [0.4, 0.5) is 0 Å². The number of Topliss-reactive ketones (excluding diaryl/α,β-unsaturated/α-hetero) is 1. The molecule has 0 aliphatic heterocycles. The third-order valence-corrected chi connectivity index (χ3v) is 4.94. The molecule has 0 aliphatic rings. The molecule has 0 amide bonds. The first-order valence-electron chi connectivity index (χ1n) is 8.56. The SMILES string of the molecule is O=C(COC(=O)c1ccccc1OCc1ccccc1Cl)c1cc(Cl)ccc1Cl. The van der Waals surface area contributed by atoms with Crippen molar-refractivity contribution >= 4 is 46.6 Å². The Kier molecular flexibility index (Phi) is 7.15. The van der Waals surface area contributed by atoms with Crippen LogP contribution in [0.15, 0.2) is 66.7 Å². The van der Waals surface area contributed by atoms with E-state index in [4.69, 9.17) is 44.3 Å². The highest BCUT2D eigenvalue weighted by molar-refractivity contribution is 6.36. The monoisotopic (exact) mass is 448 g/mol. The summed E-state index contributed by atoms with van der Waals surface area (Å²) < 4.78 is 10.9. The Balaban J connectivity index is 1.67. The molecule has 0 atom stereocenters. The number of benzene rings is 3. The van der Waals surface area contributed by atoms with Gasteiger partial charge in [0.05, 0.1) is 5.02 Å². The van der Waals surface area contributed by atoms with E-state index in [0.29, 0.717) is 15.8 Å². The maximum atomic E-state index is 12.5. The molecule has 3 rings (SSSR count). The lowest BCUT2D eigenvalue weighted by Gasteiger charge is -2.12. The average Bonchev–Trinajstić information content (AvgIpc) is 2.73. The Morgan fingerprint density at radius 1 is 0.793 bits per heavy atom. The van der Waals surface area contributed by atoms with Gasteiger partial charge in [-0.1, -0.05) is 65.1 Å². The minimum absolute atomic E-state index is 0.182. The molecule has 0 saturated heterocycles. The Morgan fingerprint density at radius 3 is 2.31 bits per heavy atom. The highest BCUT2D eigenvalue weighted by atomic mass is 35.5. The molecule has 0 spiro atoms. The number of para-hydroxylation sites is 1. The number of ether oxygens (including phenoxy) is 2. The van der Waals surface area contributed by atoms with E-state index in [1.807, 2.05) is 18.2 Å². The quantitative estimate of drug-likeness (QED) is 0.315. The topological polar surface area (TPSA) is 52.6 Å². The highest BCUT2D eigenvalue weighted by Gasteiger charge is 2.18. The van der Waals surface area contributed by atoms with Crippen LogP contribution in [-0.2, 0) is 11.3 Å². The third kappa shape index (κ3) is 5.51. The summed E-state index contributed by atoms with van der Waals surface area (Å²) in [4.78, 5) is 24.8. The summed E-state index contributed by atoms with van der Waals surface area (Å²) in [5.41, 5.74) is 1.17. The van der Waals surface area contributed by atoms with Crippen molar-refractivity contribution in [2.75, 3.05) is 6.61 Å². The highest BCUT2D eigenvalue weighted by Crippen LogP contribution is 2.24. The molecule has 0 radical (unpaired) electrons. The number of esters is 1. The average molecular weight is 450 g/mol. The van der Waals surface area contributed by atoms with Gasteiger partial charge in [-0.15, -0.1) is 0 Å². The van der Waals surface area contributed by atoms with Gasteiger partial charge in [0.15, 0.2) is 6.61 Å². The molecule has 7 heteroatoms.